The average molecular weight is 209 g/mol. The Kier molecular flexibility index (Phi) is 3.01. The third-order valence-electron chi connectivity index (χ3n) is 2.61. The number of aryl methyl sites for hydroxylation is 1. The van der Waals surface area contributed by atoms with Gasteiger partial charge in [-0.3, -0.25) is 9.89 Å². The van der Waals surface area contributed by atoms with E-state index in [1.807, 2.05) is 6.92 Å². The molecular weight excluding hydrogens is 194 g/mol. The molecule has 0 unspecified atom stereocenters. The molecule has 1 aromatic heterocycles. The molecule has 1 fully saturated rings. The van der Waals surface area contributed by atoms with Gasteiger partial charge in [-0.05, 0) is 19.8 Å². The van der Waals surface area contributed by atoms with E-state index in [0.29, 0.717) is 13.2 Å². The Morgan fingerprint density at radius 1 is 1.80 bits per heavy atom. The van der Waals surface area contributed by atoms with Gasteiger partial charge in [-0.1, -0.05) is 0 Å². The summed E-state index contributed by atoms with van der Waals surface area (Å²) >= 11 is 0. The monoisotopic (exact) mass is 209 g/mol. The van der Waals surface area contributed by atoms with Gasteiger partial charge in [0.15, 0.2) is 0 Å². The molecule has 1 amide bonds. The molecule has 0 aromatic carbocycles. The topological polar surface area (TPSA) is 67.0 Å². The fourth-order valence-electron chi connectivity index (χ4n) is 1.63. The number of nitrogens with zero attached hydrogens (tertiary/aromatic N) is 1. The molecule has 0 bridgehead atoms. The van der Waals surface area contributed by atoms with E-state index in [0.717, 1.165) is 24.1 Å². The molecule has 0 saturated carbocycles. The van der Waals surface area contributed by atoms with Crippen molar-refractivity contribution in [1.82, 2.24) is 15.5 Å². The molecule has 5 heteroatoms. The Morgan fingerprint density at radius 3 is 3.27 bits per heavy atom. The highest BCUT2D eigenvalue weighted by molar-refractivity contribution is 5.80. The van der Waals surface area contributed by atoms with Crippen molar-refractivity contribution in [2.75, 3.05) is 6.61 Å². The predicted molar refractivity (Wildman–Crippen MR) is 54.1 cm³/mol. The number of rotatable bonds is 3. The predicted octanol–water partition coefficient (Wildman–Crippen LogP) is 0.513. The fraction of sp³-hybridized carbons (Fsp3) is 0.600. The second-order valence-corrected chi connectivity index (χ2v) is 3.74. The van der Waals surface area contributed by atoms with Crippen LogP contribution in [0.1, 0.15) is 24.1 Å². The van der Waals surface area contributed by atoms with Crippen LogP contribution >= 0.6 is 0 Å². The zero-order valence-corrected chi connectivity index (χ0v) is 8.75. The summed E-state index contributed by atoms with van der Waals surface area (Å²) in [4.78, 5) is 11.6. The van der Waals surface area contributed by atoms with E-state index in [9.17, 15) is 4.79 Å². The van der Waals surface area contributed by atoms with E-state index < -0.39 is 0 Å². The summed E-state index contributed by atoms with van der Waals surface area (Å²) in [7, 11) is 0. The van der Waals surface area contributed by atoms with Gasteiger partial charge in [0.2, 0.25) is 5.91 Å². The number of aromatic nitrogens is 2. The van der Waals surface area contributed by atoms with Crippen LogP contribution in [0.4, 0.5) is 0 Å². The molecule has 1 saturated heterocycles. The van der Waals surface area contributed by atoms with E-state index in [2.05, 4.69) is 15.5 Å². The smallest absolute Gasteiger partial charge is 0.249 e. The lowest BCUT2D eigenvalue weighted by Crippen LogP contribution is -2.33. The summed E-state index contributed by atoms with van der Waals surface area (Å²) in [5.41, 5.74) is 2.00. The lowest BCUT2D eigenvalue weighted by Gasteiger charge is -2.09. The van der Waals surface area contributed by atoms with Crippen LogP contribution in [-0.2, 0) is 16.1 Å². The van der Waals surface area contributed by atoms with Gasteiger partial charge in [-0.25, -0.2) is 0 Å². The van der Waals surface area contributed by atoms with Crippen LogP contribution < -0.4 is 5.32 Å². The SMILES string of the molecule is Cc1[nH]ncc1CNC(=O)[C@@H]1CCCO1. The van der Waals surface area contributed by atoms with E-state index in [1.165, 1.54) is 0 Å². The first-order valence-electron chi connectivity index (χ1n) is 5.15. The van der Waals surface area contributed by atoms with Gasteiger partial charge in [-0.15, -0.1) is 0 Å². The highest BCUT2D eigenvalue weighted by Crippen LogP contribution is 2.12. The van der Waals surface area contributed by atoms with Gasteiger partial charge in [0.05, 0.1) is 6.20 Å². The molecule has 0 aliphatic carbocycles. The number of ether oxygens (including phenoxy) is 1. The van der Waals surface area contributed by atoms with Crippen molar-refractivity contribution in [2.24, 2.45) is 0 Å². The zero-order valence-electron chi connectivity index (χ0n) is 8.75. The molecule has 1 aliphatic rings. The highest BCUT2D eigenvalue weighted by Gasteiger charge is 2.23. The zero-order chi connectivity index (χ0) is 10.7. The summed E-state index contributed by atoms with van der Waals surface area (Å²) in [5.74, 6) is -0.0203. The second-order valence-electron chi connectivity index (χ2n) is 3.74. The summed E-state index contributed by atoms with van der Waals surface area (Å²) in [6.45, 7) is 3.14. The first-order valence-corrected chi connectivity index (χ1v) is 5.15. The summed E-state index contributed by atoms with van der Waals surface area (Å²) in [6.07, 6.45) is 3.28. The van der Waals surface area contributed by atoms with E-state index in [1.54, 1.807) is 6.20 Å². The lowest BCUT2D eigenvalue weighted by molar-refractivity contribution is -0.130. The van der Waals surface area contributed by atoms with Crippen molar-refractivity contribution < 1.29 is 9.53 Å². The van der Waals surface area contributed by atoms with Crippen LogP contribution in [0.3, 0.4) is 0 Å². The number of aromatic amines is 1. The Bertz CT molecular complexity index is 342. The van der Waals surface area contributed by atoms with Crippen LogP contribution in [0.5, 0.6) is 0 Å². The largest absolute Gasteiger partial charge is 0.368 e. The number of amides is 1. The maximum absolute atomic E-state index is 11.6. The molecular formula is C10H15N3O2. The minimum Gasteiger partial charge on any atom is -0.368 e. The van der Waals surface area contributed by atoms with E-state index >= 15 is 0 Å². The highest BCUT2D eigenvalue weighted by atomic mass is 16.5. The van der Waals surface area contributed by atoms with Crippen molar-refractivity contribution in [2.45, 2.75) is 32.4 Å². The number of H-pyrrole nitrogens is 1. The van der Waals surface area contributed by atoms with E-state index in [4.69, 9.17) is 4.74 Å². The van der Waals surface area contributed by atoms with Gasteiger partial charge >= 0.3 is 0 Å². The van der Waals surface area contributed by atoms with Crippen LogP contribution in [0, 0.1) is 6.92 Å². The van der Waals surface area contributed by atoms with E-state index in [-0.39, 0.29) is 12.0 Å². The molecule has 5 nitrogen and oxygen atoms in total. The maximum atomic E-state index is 11.6. The van der Waals surface area contributed by atoms with Crippen molar-refractivity contribution in [3.8, 4) is 0 Å². The van der Waals surface area contributed by atoms with Gasteiger partial charge in [0.1, 0.15) is 6.10 Å². The minimum absolute atomic E-state index is 0.0203. The summed E-state index contributed by atoms with van der Waals surface area (Å²) in [5, 5.41) is 9.56. The average Bonchev–Trinajstić information content (AvgIpc) is 2.85. The summed E-state index contributed by atoms with van der Waals surface area (Å²) < 4.78 is 5.28. The molecule has 1 atom stereocenters. The third kappa shape index (κ3) is 2.36. The molecule has 1 aromatic rings. The van der Waals surface area contributed by atoms with Gasteiger partial charge in [0, 0.05) is 24.4 Å². The Morgan fingerprint density at radius 2 is 2.67 bits per heavy atom. The fourth-order valence-corrected chi connectivity index (χ4v) is 1.63. The number of carbonyl (C=O) groups is 1. The van der Waals surface area contributed by atoms with Crippen LogP contribution in [0.25, 0.3) is 0 Å². The number of hydrogen-bond donors (Lipinski definition) is 2. The first kappa shape index (κ1) is 10.2. The first-order chi connectivity index (χ1) is 7.27. The van der Waals surface area contributed by atoms with Crippen molar-refractivity contribution >= 4 is 5.91 Å². The van der Waals surface area contributed by atoms with Gasteiger partial charge in [0.25, 0.3) is 0 Å². The van der Waals surface area contributed by atoms with Crippen molar-refractivity contribution in [3.05, 3.63) is 17.5 Å². The molecule has 0 spiro atoms. The Hall–Kier alpha value is -1.36. The third-order valence-corrected chi connectivity index (χ3v) is 2.61. The van der Waals surface area contributed by atoms with Gasteiger partial charge in [-0.2, -0.15) is 5.10 Å². The number of hydrogen-bond acceptors (Lipinski definition) is 3. The molecule has 1 aliphatic heterocycles. The summed E-state index contributed by atoms with van der Waals surface area (Å²) in [6, 6.07) is 0. The van der Waals surface area contributed by atoms with Crippen molar-refractivity contribution in [3.63, 3.8) is 0 Å². The molecule has 15 heavy (non-hydrogen) atoms. The number of carbonyl (C=O) groups excluding carboxylic acids is 1. The van der Waals surface area contributed by atoms with Crippen LogP contribution in [0.2, 0.25) is 0 Å². The standard InChI is InChI=1S/C10H15N3O2/c1-7-8(6-12-13-7)5-11-10(14)9-3-2-4-15-9/h6,9H,2-5H2,1H3,(H,11,14)(H,12,13)/t9-/m0/s1. The lowest BCUT2D eigenvalue weighted by atomic mass is 10.2. The maximum Gasteiger partial charge on any atom is 0.249 e. The molecule has 2 rings (SSSR count). The Balaban J connectivity index is 1.83. The van der Waals surface area contributed by atoms with Crippen LogP contribution in [-0.4, -0.2) is 28.8 Å². The minimum atomic E-state index is -0.253. The molecule has 2 N–H and O–H groups in total. The van der Waals surface area contributed by atoms with Gasteiger partial charge < -0.3 is 10.1 Å². The number of nitrogens with one attached hydrogen (secondary N) is 2. The second kappa shape index (κ2) is 4.44. The van der Waals surface area contributed by atoms with Crippen LogP contribution in [0.15, 0.2) is 6.20 Å². The molecule has 2 heterocycles. The quantitative estimate of drug-likeness (QED) is 0.762. The normalized spacial score (nSPS) is 20.5. The van der Waals surface area contributed by atoms with Crippen molar-refractivity contribution in [1.29, 1.82) is 0 Å². The Labute approximate surface area is 88.2 Å². The molecule has 0 radical (unpaired) electrons. The molecule has 82 valence electrons.